The van der Waals surface area contributed by atoms with Crippen molar-refractivity contribution >= 4 is 38.6 Å². The van der Waals surface area contributed by atoms with Gasteiger partial charge in [0.05, 0.1) is 25.1 Å². The van der Waals surface area contributed by atoms with Gasteiger partial charge in [-0.25, -0.2) is 23.2 Å². The summed E-state index contributed by atoms with van der Waals surface area (Å²) in [6, 6.07) is 25.5. The predicted octanol–water partition coefficient (Wildman–Crippen LogP) is 4.90. The number of fused-ring (bicyclic) bond motifs is 2. The Bertz CT molecular complexity index is 2330. The summed E-state index contributed by atoms with van der Waals surface area (Å²) in [7, 11) is -2.88. The molecule has 4 aromatic carbocycles. The Balaban J connectivity index is 1.40. The number of hydrazine groups is 1. The highest BCUT2D eigenvalue weighted by Gasteiger charge is 2.54. The first kappa shape index (κ1) is 37.2. The fourth-order valence-corrected chi connectivity index (χ4v) is 9.22. The summed E-state index contributed by atoms with van der Waals surface area (Å²) in [6.07, 6.45) is 2.02. The summed E-state index contributed by atoms with van der Waals surface area (Å²) in [5, 5.41) is 14.9. The van der Waals surface area contributed by atoms with Crippen molar-refractivity contribution in [2.75, 3.05) is 26.7 Å². The van der Waals surface area contributed by atoms with Crippen molar-refractivity contribution in [1.82, 2.24) is 30.1 Å². The summed E-state index contributed by atoms with van der Waals surface area (Å²) < 4.78 is 35.7. The zero-order valence-corrected chi connectivity index (χ0v) is 31.3. The number of methoxy groups -OCH3 is 1. The second kappa shape index (κ2) is 15.3. The van der Waals surface area contributed by atoms with Gasteiger partial charge in [0.1, 0.15) is 23.7 Å². The second-order valence-corrected chi connectivity index (χ2v) is 15.7. The number of carbonyl (C=O) groups is 3. The Morgan fingerprint density at radius 1 is 1.02 bits per heavy atom. The maximum Gasteiger partial charge on any atom is 0.334 e. The van der Waals surface area contributed by atoms with Crippen LogP contribution in [0.5, 0.6) is 11.5 Å². The first-order valence-corrected chi connectivity index (χ1v) is 19.4. The molecule has 3 atom stereocenters. The van der Waals surface area contributed by atoms with Gasteiger partial charge in [0.2, 0.25) is 21.7 Å². The van der Waals surface area contributed by atoms with Crippen LogP contribution >= 0.6 is 0 Å². The van der Waals surface area contributed by atoms with Gasteiger partial charge in [0, 0.05) is 42.2 Å². The molecule has 3 heterocycles. The van der Waals surface area contributed by atoms with E-state index >= 15 is 13.2 Å². The molecule has 14 heteroatoms. The third-order valence-corrected chi connectivity index (χ3v) is 12.1. The van der Waals surface area contributed by atoms with Crippen molar-refractivity contribution < 1.29 is 32.6 Å². The number of sulfone groups is 1. The van der Waals surface area contributed by atoms with E-state index < -0.39 is 45.3 Å². The molecular formula is C41H42N6O7S. The highest BCUT2D eigenvalue weighted by molar-refractivity contribution is 7.91. The van der Waals surface area contributed by atoms with Crippen molar-refractivity contribution in [3.63, 3.8) is 0 Å². The topological polar surface area (TPSA) is 156 Å². The van der Waals surface area contributed by atoms with E-state index in [1.165, 1.54) is 46.2 Å². The fourth-order valence-electron chi connectivity index (χ4n) is 7.39. The van der Waals surface area contributed by atoms with Crippen molar-refractivity contribution in [2.24, 2.45) is 0 Å². The number of nitrogens with one attached hydrogen (secondary N) is 2. The Labute approximate surface area is 319 Å². The van der Waals surface area contributed by atoms with Gasteiger partial charge in [-0.05, 0) is 60.5 Å². The first-order chi connectivity index (χ1) is 26.5. The number of phenolic OH excluding ortho intramolecular Hbond substituents is 1. The fraction of sp³-hybridized carbons (Fsp3) is 0.244. The molecule has 0 bridgehead atoms. The lowest BCUT2D eigenvalue weighted by Gasteiger charge is -2.55. The summed E-state index contributed by atoms with van der Waals surface area (Å²) in [6.45, 7) is 5.44. The number of urea groups is 1. The molecule has 5 aromatic rings. The number of hydrogen-bond acceptors (Lipinski definition) is 8. The predicted molar refractivity (Wildman–Crippen MR) is 206 cm³/mol. The highest BCUT2D eigenvalue weighted by Crippen LogP contribution is 2.41. The summed E-state index contributed by atoms with van der Waals surface area (Å²) >= 11 is 0. The molecule has 284 valence electrons. The van der Waals surface area contributed by atoms with E-state index in [2.05, 4.69) is 16.9 Å². The molecule has 55 heavy (non-hydrogen) atoms. The zero-order chi connectivity index (χ0) is 38.9. The molecule has 1 aromatic heterocycles. The van der Waals surface area contributed by atoms with E-state index in [1.54, 1.807) is 59.7 Å². The van der Waals surface area contributed by atoms with Gasteiger partial charge in [0.25, 0.3) is 0 Å². The van der Waals surface area contributed by atoms with Gasteiger partial charge in [-0.15, -0.1) is 6.58 Å². The number of hydrogen-bond donors (Lipinski definition) is 3. The third-order valence-electron chi connectivity index (χ3n) is 10.1. The Hall–Kier alpha value is -6.12. The van der Waals surface area contributed by atoms with Gasteiger partial charge in [-0.3, -0.25) is 9.59 Å². The van der Waals surface area contributed by atoms with E-state index in [-0.39, 0.29) is 43.2 Å². The van der Waals surface area contributed by atoms with Gasteiger partial charge in [0.15, 0.2) is 5.37 Å². The monoisotopic (exact) mass is 762 g/mol. The average molecular weight is 763 g/mol. The number of carbonyl (C=O) groups excluding carboxylic acids is 3. The molecule has 2 aliphatic rings. The molecule has 0 radical (unpaired) electrons. The second-order valence-electron chi connectivity index (χ2n) is 13.6. The largest absolute Gasteiger partial charge is 0.508 e. The zero-order valence-electron chi connectivity index (χ0n) is 30.5. The minimum atomic E-state index is -4.39. The van der Waals surface area contributed by atoms with Crippen LogP contribution in [-0.2, 0) is 32.4 Å². The number of aryl methyl sites for hydroxylation is 1. The molecule has 0 aliphatic carbocycles. The van der Waals surface area contributed by atoms with Crippen LogP contribution in [0.15, 0.2) is 121 Å². The molecule has 7 rings (SSSR count). The van der Waals surface area contributed by atoms with Crippen molar-refractivity contribution in [2.45, 2.75) is 42.4 Å². The Morgan fingerprint density at radius 2 is 1.75 bits per heavy atom. The van der Waals surface area contributed by atoms with Crippen LogP contribution in [0.4, 0.5) is 4.79 Å². The smallest absolute Gasteiger partial charge is 0.334 e. The normalized spacial score (nSPS) is 18.3. The number of ether oxygens (including phenoxy) is 1. The number of phenols is 1. The van der Waals surface area contributed by atoms with Crippen LogP contribution < -0.4 is 10.1 Å². The van der Waals surface area contributed by atoms with E-state index in [0.29, 0.717) is 27.8 Å². The minimum Gasteiger partial charge on any atom is -0.508 e. The van der Waals surface area contributed by atoms with Crippen LogP contribution in [0, 0.1) is 6.92 Å². The van der Waals surface area contributed by atoms with Gasteiger partial charge < -0.3 is 29.9 Å². The van der Waals surface area contributed by atoms with Gasteiger partial charge in [-0.2, -0.15) is 0 Å². The first-order valence-electron chi connectivity index (χ1n) is 17.8. The minimum absolute atomic E-state index is 0.00359. The quantitative estimate of drug-likeness (QED) is 0.161. The highest BCUT2D eigenvalue weighted by atomic mass is 32.2. The molecule has 3 N–H and O–H groups in total. The third kappa shape index (κ3) is 7.25. The number of aromatic nitrogens is 1. The van der Waals surface area contributed by atoms with Crippen LogP contribution in [0.1, 0.15) is 27.6 Å². The van der Waals surface area contributed by atoms with Crippen LogP contribution in [-0.4, -0.2) is 95.1 Å². The molecule has 4 amide bonds. The maximum absolute atomic E-state index is 15.2. The van der Waals surface area contributed by atoms with E-state index in [9.17, 15) is 14.7 Å². The van der Waals surface area contributed by atoms with Gasteiger partial charge in [-0.1, -0.05) is 66.2 Å². The molecule has 2 aliphatic heterocycles. The summed E-state index contributed by atoms with van der Waals surface area (Å²) in [4.78, 5) is 49.5. The van der Waals surface area contributed by atoms with Crippen LogP contribution in [0.3, 0.4) is 0 Å². The SMILES string of the molecule is C=CCN1CC(=O)N2C(Cc3ccc(O)cc3)C(=O)N(C(c3c[nH]c4ccc(OC)cc34)S(=O)(=O)c3ccc(C)cc3)CC2N1C(=O)NCc1ccccc1. The molecule has 13 nitrogen and oxygen atoms in total. The lowest BCUT2D eigenvalue weighted by atomic mass is 9.98. The van der Waals surface area contributed by atoms with E-state index in [0.717, 1.165) is 11.1 Å². The number of aromatic hydroxyl groups is 1. The Morgan fingerprint density at radius 3 is 2.44 bits per heavy atom. The van der Waals surface area contributed by atoms with Crippen LogP contribution in [0.25, 0.3) is 10.9 Å². The van der Waals surface area contributed by atoms with Crippen molar-refractivity contribution in [3.8, 4) is 11.5 Å². The number of amides is 4. The molecule has 2 saturated heterocycles. The van der Waals surface area contributed by atoms with E-state index in [4.69, 9.17) is 4.74 Å². The number of nitrogens with zero attached hydrogens (tertiary/aromatic N) is 4. The number of piperazine rings is 1. The molecular weight excluding hydrogens is 721 g/mol. The number of rotatable bonds is 11. The maximum atomic E-state index is 15.2. The number of H-pyrrole nitrogens is 1. The number of aromatic amines is 1. The van der Waals surface area contributed by atoms with E-state index in [1.807, 2.05) is 37.3 Å². The standard InChI is InChI=1S/C41H42N6O7S/c1-4-20-44-26-38(49)46-36(21-28-12-14-30(48)15-13-28)39(50)45(25-37(46)47(44)41(51)43-23-29-8-6-5-7-9-29)40(55(52,53)32-17-10-27(2)11-18-32)34-24-42-35-19-16-31(54-3)22-33(34)35/h4-19,22,24,36-37,40,42,48H,1,20-21,23,25-26H2,2-3H3,(H,43,51). The molecule has 2 fully saturated rings. The average Bonchev–Trinajstić information content (AvgIpc) is 3.59. The summed E-state index contributed by atoms with van der Waals surface area (Å²) in [5.41, 5.74) is 3.24. The molecule has 0 spiro atoms. The number of benzene rings is 4. The van der Waals surface area contributed by atoms with Crippen molar-refractivity contribution in [3.05, 3.63) is 138 Å². The van der Waals surface area contributed by atoms with Crippen molar-refractivity contribution in [1.29, 1.82) is 0 Å². The summed E-state index contributed by atoms with van der Waals surface area (Å²) in [5.74, 6) is -0.518. The Kier molecular flexibility index (Phi) is 10.4. The molecule has 0 saturated carbocycles. The lowest BCUT2D eigenvalue weighted by Crippen LogP contribution is -2.77. The van der Waals surface area contributed by atoms with Gasteiger partial charge >= 0.3 is 6.03 Å². The van der Waals surface area contributed by atoms with Crippen LogP contribution in [0.2, 0.25) is 0 Å². The lowest BCUT2D eigenvalue weighted by molar-refractivity contribution is -0.189. The molecule has 3 unspecified atom stereocenters.